The zero-order chi connectivity index (χ0) is 14.8. The number of fused-ring (bicyclic) bond motifs is 1. The SMILES string of the molecule is CC(CCC1CC1)Nc1ccc([N+](=O)[O-])c2cnccc12. The van der Waals surface area contributed by atoms with E-state index in [0.29, 0.717) is 11.4 Å². The number of aromatic nitrogens is 1. The Kier molecular flexibility index (Phi) is 3.73. The average molecular weight is 285 g/mol. The van der Waals surface area contributed by atoms with Crippen molar-refractivity contribution in [2.75, 3.05) is 5.32 Å². The van der Waals surface area contributed by atoms with E-state index in [4.69, 9.17) is 0 Å². The van der Waals surface area contributed by atoms with Crippen LogP contribution in [-0.2, 0) is 0 Å². The molecule has 0 spiro atoms. The molecule has 1 unspecified atom stereocenters. The van der Waals surface area contributed by atoms with Crippen molar-refractivity contribution in [1.29, 1.82) is 0 Å². The number of non-ortho nitro benzene ring substituents is 1. The monoisotopic (exact) mass is 285 g/mol. The molecule has 1 fully saturated rings. The third-order valence-electron chi connectivity index (χ3n) is 4.10. The van der Waals surface area contributed by atoms with Gasteiger partial charge >= 0.3 is 0 Å². The van der Waals surface area contributed by atoms with Gasteiger partial charge in [0.2, 0.25) is 0 Å². The van der Waals surface area contributed by atoms with E-state index in [2.05, 4.69) is 17.2 Å². The van der Waals surface area contributed by atoms with Gasteiger partial charge in [-0.1, -0.05) is 12.8 Å². The van der Waals surface area contributed by atoms with Gasteiger partial charge in [-0.3, -0.25) is 15.1 Å². The molecule has 1 heterocycles. The smallest absolute Gasteiger partial charge is 0.278 e. The molecule has 1 saturated carbocycles. The molecule has 0 amide bonds. The van der Waals surface area contributed by atoms with Crippen LogP contribution in [0.4, 0.5) is 11.4 Å². The number of pyridine rings is 1. The summed E-state index contributed by atoms with van der Waals surface area (Å²) in [5.74, 6) is 0.923. The largest absolute Gasteiger partial charge is 0.382 e. The molecule has 0 radical (unpaired) electrons. The molecule has 0 aliphatic heterocycles. The number of hydrogen-bond acceptors (Lipinski definition) is 4. The van der Waals surface area contributed by atoms with Crippen molar-refractivity contribution in [1.82, 2.24) is 4.98 Å². The van der Waals surface area contributed by atoms with Crippen LogP contribution in [0, 0.1) is 16.0 Å². The molecule has 110 valence electrons. The third kappa shape index (κ3) is 3.12. The van der Waals surface area contributed by atoms with Gasteiger partial charge in [0.05, 0.1) is 10.3 Å². The summed E-state index contributed by atoms with van der Waals surface area (Å²) in [5.41, 5.74) is 1.05. The second kappa shape index (κ2) is 5.68. The van der Waals surface area contributed by atoms with Crippen LogP contribution in [0.2, 0.25) is 0 Å². The van der Waals surface area contributed by atoms with E-state index in [1.54, 1.807) is 24.5 Å². The topological polar surface area (TPSA) is 68.1 Å². The van der Waals surface area contributed by atoms with E-state index in [1.165, 1.54) is 19.3 Å². The Balaban J connectivity index is 1.84. The third-order valence-corrected chi connectivity index (χ3v) is 4.10. The molecular formula is C16H19N3O2. The van der Waals surface area contributed by atoms with Crippen molar-refractivity contribution in [2.45, 2.75) is 38.6 Å². The van der Waals surface area contributed by atoms with Crippen LogP contribution in [0.1, 0.15) is 32.6 Å². The summed E-state index contributed by atoms with van der Waals surface area (Å²) < 4.78 is 0. The normalized spacial score (nSPS) is 15.9. The fourth-order valence-electron chi connectivity index (χ4n) is 2.69. The van der Waals surface area contributed by atoms with E-state index in [9.17, 15) is 10.1 Å². The highest BCUT2D eigenvalue weighted by Gasteiger charge is 2.22. The Morgan fingerprint density at radius 2 is 2.19 bits per heavy atom. The summed E-state index contributed by atoms with van der Waals surface area (Å²) in [7, 11) is 0. The van der Waals surface area contributed by atoms with Crippen LogP contribution in [0.15, 0.2) is 30.6 Å². The first kappa shape index (κ1) is 13.8. The lowest BCUT2D eigenvalue weighted by Crippen LogP contribution is -2.15. The first-order chi connectivity index (χ1) is 10.1. The Labute approximate surface area is 123 Å². The number of nitrogens with one attached hydrogen (secondary N) is 1. The maximum absolute atomic E-state index is 11.1. The van der Waals surface area contributed by atoms with Crippen LogP contribution < -0.4 is 5.32 Å². The van der Waals surface area contributed by atoms with Gasteiger partial charge in [-0.05, 0) is 37.8 Å². The molecule has 3 rings (SSSR count). The lowest BCUT2D eigenvalue weighted by atomic mass is 10.1. The molecule has 0 saturated heterocycles. The van der Waals surface area contributed by atoms with Crippen molar-refractivity contribution in [3.05, 3.63) is 40.7 Å². The minimum absolute atomic E-state index is 0.106. The Bertz CT molecular complexity index is 668. The fourth-order valence-corrected chi connectivity index (χ4v) is 2.69. The number of nitro benzene ring substituents is 1. The second-order valence-electron chi connectivity index (χ2n) is 5.88. The van der Waals surface area contributed by atoms with Crippen LogP contribution >= 0.6 is 0 Å². The summed E-state index contributed by atoms with van der Waals surface area (Å²) in [6, 6.07) is 5.55. The number of hydrogen-bond donors (Lipinski definition) is 1. The van der Waals surface area contributed by atoms with Crippen molar-refractivity contribution < 1.29 is 4.92 Å². The molecule has 21 heavy (non-hydrogen) atoms. The standard InChI is InChI=1S/C16H19N3O2/c1-11(2-3-12-4-5-12)18-15-6-7-16(19(20)21)14-10-17-9-8-13(14)15/h6-12,18H,2-5H2,1H3. The molecule has 1 aliphatic carbocycles. The number of benzene rings is 1. The van der Waals surface area contributed by atoms with Crippen LogP contribution in [-0.4, -0.2) is 15.9 Å². The molecule has 1 aromatic heterocycles. The lowest BCUT2D eigenvalue weighted by molar-refractivity contribution is -0.383. The summed E-state index contributed by atoms with van der Waals surface area (Å²) in [6.07, 6.45) is 8.38. The number of anilines is 1. The quantitative estimate of drug-likeness (QED) is 0.640. The van der Waals surface area contributed by atoms with E-state index in [0.717, 1.165) is 23.4 Å². The van der Waals surface area contributed by atoms with Crippen LogP contribution in [0.25, 0.3) is 10.8 Å². The zero-order valence-corrected chi connectivity index (χ0v) is 12.1. The molecule has 1 atom stereocenters. The highest BCUT2D eigenvalue weighted by Crippen LogP contribution is 2.35. The average Bonchev–Trinajstić information content (AvgIpc) is 3.29. The first-order valence-electron chi connectivity index (χ1n) is 7.43. The molecule has 2 aromatic rings. The Morgan fingerprint density at radius 3 is 2.90 bits per heavy atom. The predicted molar refractivity (Wildman–Crippen MR) is 83.4 cm³/mol. The number of rotatable bonds is 6. The molecule has 1 aliphatic rings. The summed E-state index contributed by atoms with van der Waals surface area (Å²) >= 11 is 0. The molecule has 1 N–H and O–H groups in total. The first-order valence-corrected chi connectivity index (χ1v) is 7.43. The van der Waals surface area contributed by atoms with Crippen molar-refractivity contribution in [2.24, 2.45) is 5.92 Å². The van der Waals surface area contributed by atoms with Crippen LogP contribution in [0.3, 0.4) is 0 Å². The zero-order valence-electron chi connectivity index (χ0n) is 12.1. The fraction of sp³-hybridized carbons (Fsp3) is 0.438. The number of nitro groups is 1. The highest BCUT2D eigenvalue weighted by atomic mass is 16.6. The van der Waals surface area contributed by atoms with Crippen LogP contribution in [0.5, 0.6) is 0 Å². The van der Waals surface area contributed by atoms with Gasteiger partial charge in [0.25, 0.3) is 5.69 Å². The Hall–Kier alpha value is -2.17. The molecular weight excluding hydrogens is 266 g/mol. The number of nitrogens with zero attached hydrogens (tertiary/aromatic N) is 2. The van der Waals surface area contributed by atoms with Gasteiger partial charge < -0.3 is 5.32 Å². The maximum atomic E-state index is 11.1. The van der Waals surface area contributed by atoms with Gasteiger partial charge in [0, 0.05) is 35.6 Å². The Morgan fingerprint density at radius 1 is 1.38 bits per heavy atom. The van der Waals surface area contributed by atoms with Gasteiger partial charge in [-0.25, -0.2) is 0 Å². The van der Waals surface area contributed by atoms with Gasteiger partial charge in [0.1, 0.15) is 0 Å². The summed E-state index contributed by atoms with van der Waals surface area (Å²) in [5, 5.41) is 16.0. The van der Waals surface area contributed by atoms with Gasteiger partial charge in [0.15, 0.2) is 0 Å². The van der Waals surface area contributed by atoms with E-state index < -0.39 is 0 Å². The lowest BCUT2D eigenvalue weighted by Gasteiger charge is -2.16. The molecule has 0 bridgehead atoms. The minimum Gasteiger partial charge on any atom is -0.382 e. The van der Waals surface area contributed by atoms with E-state index >= 15 is 0 Å². The summed E-state index contributed by atoms with van der Waals surface area (Å²) in [6.45, 7) is 2.16. The maximum Gasteiger partial charge on any atom is 0.278 e. The van der Waals surface area contributed by atoms with Crippen molar-refractivity contribution in [3.8, 4) is 0 Å². The second-order valence-corrected chi connectivity index (χ2v) is 5.88. The molecule has 5 heteroatoms. The molecule has 1 aromatic carbocycles. The highest BCUT2D eigenvalue weighted by molar-refractivity contribution is 5.99. The van der Waals surface area contributed by atoms with Gasteiger partial charge in [-0.15, -0.1) is 0 Å². The van der Waals surface area contributed by atoms with E-state index in [1.807, 2.05) is 6.07 Å². The van der Waals surface area contributed by atoms with Gasteiger partial charge in [-0.2, -0.15) is 0 Å². The van der Waals surface area contributed by atoms with Crippen molar-refractivity contribution in [3.63, 3.8) is 0 Å². The minimum atomic E-state index is -0.357. The summed E-state index contributed by atoms with van der Waals surface area (Å²) in [4.78, 5) is 14.7. The molecule has 5 nitrogen and oxygen atoms in total. The predicted octanol–water partition coefficient (Wildman–Crippen LogP) is 4.13. The van der Waals surface area contributed by atoms with Crippen molar-refractivity contribution >= 4 is 22.1 Å². The van der Waals surface area contributed by atoms with E-state index in [-0.39, 0.29) is 10.6 Å².